The van der Waals surface area contributed by atoms with Gasteiger partial charge in [-0.1, -0.05) is 59.1 Å². The van der Waals surface area contributed by atoms with E-state index in [1.165, 1.54) is 10.9 Å². The van der Waals surface area contributed by atoms with Crippen LogP contribution < -0.4 is 10.3 Å². The minimum Gasteiger partial charge on any atom is -0.487 e. The first-order valence-electron chi connectivity index (χ1n) is 12.0. The highest BCUT2D eigenvalue weighted by Crippen LogP contribution is 2.33. The summed E-state index contributed by atoms with van der Waals surface area (Å²) in [6.07, 6.45) is 1.51. The Morgan fingerprint density at radius 2 is 1.70 bits per heavy atom. The second kappa shape index (κ2) is 11.1. The van der Waals surface area contributed by atoms with Gasteiger partial charge in [-0.05, 0) is 82.2 Å². The number of para-hydroxylation sites is 1. The Morgan fingerprint density at radius 3 is 2.52 bits per heavy atom. The predicted octanol–water partition coefficient (Wildman–Crippen LogP) is 8.99. The van der Waals surface area contributed by atoms with Gasteiger partial charge in [-0.15, -0.1) is 0 Å². The van der Waals surface area contributed by atoms with E-state index in [0.29, 0.717) is 53.1 Å². The molecule has 40 heavy (non-hydrogen) atoms. The Hall–Kier alpha value is -3.62. The first-order chi connectivity index (χ1) is 19.4. The number of nitrogens with zero attached hydrogens (tertiary/aromatic N) is 3. The topological polar surface area (TPSA) is 69.6 Å². The van der Waals surface area contributed by atoms with Crippen molar-refractivity contribution in [1.29, 1.82) is 0 Å². The van der Waals surface area contributed by atoms with E-state index in [1.54, 1.807) is 66.7 Å². The second-order valence-corrected chi connectivity index (χ2v) is 11.0. The van der Waals surface area contributed by atoms with Crippen molar-refractivity contribution in [2.75, 3.05) is 0 Å². The molecule has 0 unspecified atom stereocenters. The van der Waals surface area contributed by atoms with E-state index in [-0.39, 0.29) is 18.0 Å². The summed E-state index contributed by atoms with van der Waals surface area (Å²) in [6.45, 7) is 0.280. The summed E-state index contributed by atoms with van der Waals surface area (Å²) in [7, 11) is 0. The Balaban J connectivity index is 1.46. The number of benzene rings is 4. The molecule has 0 saturated carbocycles. The molecule has 0 aliphatic carbocycles. The minimum atomic E-state index is -0.361. The summed E-state index contributed by atoms with van der Waals surface area (Å²) in [5, 5.41) is 7.41. The zero-order valence-electron chi connectivity index (χ0n) is 20.4. The lowest BCUT2D eigenvalue weighted by Gasteiger charge is -2.12. The molecule has 4 aromatic carbocycles. The maximum absolute atomic E-state index is 13.6. The van der Waals surface area contributed by atoms with E-state index in [9.17, 15) is 4.79 Å². The summed E-state index contributed by atoms with van der Waals surface area (Å²) < 4.78 is 14.0. The summed E-state index contributed by atoms with van der Waals surface area (Å²) in [6, 6.07) is 24.9. The van der Waals surface area contributed by atoms with Crippen molar-refractivity contribution in [3.05, 3.63) is 126 Å². The number of halogens is 4. The quantitative estimate of drug-likeness (QED) is 0.168. The zero-order valence-corrected chi connectivity index (χ0v) is 24.3. The van der Waals surface area contributed by atoms with Crippen LogP contribution in [-0.4, -0.2) is 15.9 Å². The first-order valence-corrected chi connectivity index (χ1v) is 13.9. The fourth-order valence-corrected chi connectivity index (χ4v) is 5.45. The summed E-state index contributed by atoms with van der Waals surface area (Å²) in [4.78, 5) is 18.4. The molecular formula is C30H17BrCl3N3O3. The van der Waals surface area contributed by atoms with Crippen molar-refractivity contribution in [3.8, 4) is 17.3 Å². The van der Waals surface area contributed by atoms with Crippen molar-refractivity contribution in [1.82, 2.24) is 9.66 Å². The molecule has 6 rings (SSSR count). The van der Waals surface area contributed by atoms with Gasteiger partial charge in [-0.3, -0.25) is 4.79 Å². The summed E-state index contributed by atoms with van der Waals surface area (Å²) >= 11 is 22.1. The molecule has 6 nitrogen and oxygen atoms in total. The van der Waals surface area contributed by atoms with E-state index in [0.717, 1.165) is 10.9 Å². The third-order valence-electron chi connectivity index (χ3n) is 6.10. The fourth-order valence-electron chi connectivity index (χ4n) is 4.20. The van der Waals surface area contributed by atoms with E-state index >= 15 is 0 Å². The number of rotatable bonds is 6. The lowest BCUT2D eigenvalue weighted by Crippen LogP contribution is -2.20. The van der Waals surface area contributed by atoms with Crippen molar-refractivity contribution < 1.29 is 9.15 Å². The number of fused-ring (bicyclic) bond motifs is 2. The maximum Gasteiger partial charge on any atom is 0.282 e. The van der Waals surface area contributed by atoms with Gasteiger partial charge in [0.05, 0.1) is 21.6 Å². The van der Waals surface area contributed by atoms with Crippen LogP contribution >= 0.6 is 50.7 Å². The Labute approximate surface area is 251 Å². The normalized spacial score (nSPS) is 11.6. The predicted molar refractivity (Wildman–Crippen MR) is 164 cm³/mol. The molecule has 0 bridgehead atoms. The molecule has 0 atom stereocenters. The average Bonchev–Trinajstić information content (AvgIpc) is 3.36. The van der Waals surface area contributed by atoms with Gasteiger partial charge in [0.2, 0.25) is 5.82 Å². The highest BCUT2D eigenvalue weighted by Gasteiger charge is 2.17. The summed E-state index contributed by atoms with van der Waals surface area (Å²) in [5.74, 6) is 1.10. The lowest BCUT2D eigenvalue weighted by atomic mass is 10.2. The molecule has 2 aromatic heterocycles. The average molecular weight is 654 g/mol. The largest absolute Gasteiger partial charge is 0.487 e. The molecule has 0 saturated heterocycles. The third kappa shape index (κ3) is 5.38. The van der Waals surface area contributed by atoms with Crippen LogP contribution in [0.15, 0.2) is 104 Å². The molecule has 6 aromatic rings. The van der Waals surface area contributed by atoms with Crippen molar-refractivity contribution in [3.63, 3.8) is 0 Å². The van der Waals surface area contributed by atoms with Crippen LogP contribution in [0.1, 0.15) is 11.1 Å². The molecule has 0 aliphatic heterocycles. The van der Waals surface area contributed by atoms with E-state index in [4.69, 9.17) is 48.9 Å². The highest BCUT2D eigenvalue weighted by molar-refractivity contribution is 9.10. The molecule has 0 fully saturated rings. The second-order valence-electron chi connectivity index (χ2n) is 8.83. The lowest BCUT2D eigenvalue weighted by molar-refractivity contribution is 0.304. The fraction of sp³-hybridized carbons (Fsp3) is 0.0333. The first kappa shape index (κ1) is 26.6. The van der Waals surface area contributed by atoms with Crippen LogP contribution in [-0.2, 0) is 6.61 Å². The smallest absolute Gasteiger partial charge is 0.282 e. The Kier molecular flexibility index (Phi) is 7.38. The molecule has 198 valence electrons. The molecule has 0 spiro atoms. The molecular weight excluding hydrogens is 637 g/mol. The molecule has 0 radical (unpaired) electrons. The summed E-state index contributed by atoms with van der Waals surface area (Å²) in [5.41, 5.74) is 2.24. The Bertz CT molecular complexity index is 1990. The van der Waals surface area contributed by atoms with Gasteiger partial charge in [0.25, 0.3) is 5.56 Å². The molecule has 0 aliphatic rings. The molecule has 0 amide bonds. The van der Waals surface area contributed by atoms with Crippen LogP contribution in [0.4, 0.5) is 0 Å². The number of hydrogen-bond donors (Lipinski definition) is 0. The van der Waals surface area contributed by atoms with Crippen LogP contribution in [0.2, 0.25) is 15.1 Å². The van der Waals surface area contributed by atoms with Gasteiger partial charge in [0.1, 0.15) is 17.9 Å². The number of hydrogen-bond acceptors (Lipinski definition) is 5. The van der Waals surface area contributed by atoms with E-state index in [1.807, 2.05) is 18.2 Å². The van der Waals surface area contributed by atoms with Crippen molar-refractivity contribution in [2.24, 2.45) is 5.10 Å². The van der Waals surface area contributed by atoms with Gasteiger partial charge >= 0.3 is 0 Å². The van der Waals surface area contributed by atoms with Gasteiger partial charge in [-0.25, -0.2) is 4.98 Å². The van der Waals surface area contributed by atoms with Gasteiger partial charge in [-0.2, -0.15) is 9.78 Å². The molecule has 10 heteroatoms. The van der Waals surface area contributed by atoms with E-state index in [2.05, 4.69) is 21.0 Å². The number of aromatic nitrogens is 2. The van der Waals surface area contributed by atoms with Crippen LogP contribution in [0, 0.1) is 0 Å². The third-order valence-corrected chi connectivity index (χ3v) is 7.39. The minimum absolute atomic E-state index is 0.233. The van der Waals surface area contributed by atoms with Crippen LogP contribution in [0.5, 0.6) is 5.75 Å². The van der Waals surface area contributed by atoms with Crippen molar-refractivity contribution >= 4 is 78.8 Å². The SMILES string of the molecule is O=c1c2ccccc2nc(-c2cc3cc(Cl)ccc3o2)n1N=Cc1cc(Cl)cc(Br)c1OCc1ccc(Cl)cc1. The highest BCUT2D eigenvalue weighted by atomic mass is 79.9. The Morgan fingerprint density at radius 1 is 0.925 bits per heavy atom. The van der Waals surface area contributed by atoms with Gasteiger partial charge in [0.15, 0.2) is 5.76 Å². The standard InChI is InChI=1S/C30H17BrCl3N3O3/c31-24-14-22(34)12-19(28(24)39-16-17-5-7-20(32)8-6-17)15-35-37-29(36-25-4-2-1-3-23(25)30(37)38)27-13-18-11-21(33)9-10-26(18)40-27/h1-15H,16H2. The van der Waals surface area contributed by atoms with E-state index < -0.39 is 0 Å². The van der Waals surface area contributed by atoms with Crippen LogP contribution in [0.25, 0.3) is 33.5 Å². The number of ether oxygens (including phenoxy) is 1. The zero-order chi connectivity index (χ0) is 27.8. The van der Waals surface area contributed by atoms with Crippen molar-refractivity contribution in [2.45, 2.75) is 6.61 Å². The van der Waals surface area contributed by atoms with Gasteiger partial charge in [0, 0.05) is 26.0 Å². The van der Waals surface area contributed by atoms with Crippen LogP contribution in [0.3, 0.4) is 0 Å². The van der Waals surface area contributed by atoms with Gasteiger partial charge < -0.3 is 9.15 Å². The molecule has 2 heterocycles. The number of furan rings is 1. The monoisotopic (exact) mass is 651 g/mol. The maximum atomic E-state index is 13.6. The molecule has 0 N–H and O–H groups in total.